The fourth-order valence-corrected chi connectivity index (χ4v) is 3.31. The van der Waals surface area contributed by atoms with E-state index >= 15 is 0 Å². The van der Waals surface area contributed by atoms with Crippen LogP contribution in [0.5, 0.6) is 5.75 Å². The van der Waals surface area contributed by atoms with Gasteiger partial charge in [-0.15, -0.1) is 0 Å². The lowest BCUT2D eigenvalue weighted by Gasteiger charge is -2.13. The van der Waals surface area contributed by atoms with Crippen molar-refractivity contribution in [1.29, 1.82) is 0 Å². The lowest BCUT2D eigenvalue weighted by molar-refractivity contribution is -0.127. The van der Waals surface area contributed by atoms with Crippen molar-refractivity contribution in [3.63, 3.8) is 0 Å². The zero-order chi connectivity index (χ0) is 21.1. The number of aromatic carboxylic acids is 1. The third-order valence-electron chi connectivity index (χ3n) is 3.85. The number of carbonyl (C=O) groups is 4. The molecule has 10 heteroatoms. The number of thioether (sulfide) groups is 1. The van der Waals surface area contributed by atoms with E-state index in [9.17, 15) is 28.7 Å². The Kier molecular flexibility index (Phi) is 5.64. The maximum absolute atomic E-state index is 13.0. The molecule has 3 amide bonds. The minimum absolute atomic E-state index is 0.0824. The molecule has 1 saturated heterocycles. The summed E-state index contributed by atoms with van der Waals surface area (Å²) in [5, 5.41) is 20.2. The van der Waals surface area contributed by atoms with Crippen LogP contribution in [0.3, 0.4) is 0 Å². The SMILES string of the molecule is O=C(CN1C(=O)S/C(=C/c2ccc(F)cc2)C1=O)Nc1ccc(O)c(C(=O)O)c1. The van der Waals surface area contributed by atoms with Crippen LogP contribution in [-0.2, 0) is 9.59 Å². The number of carboxylic acids is 1. The van der Waals surface area contributed by atoms with Crippen molar-refractivity contribution in [2.75, 3.05) is 11.9 Å². The van der Waals surface area contributed by atoms with Crippen LogP contribution in [0.2, 0.25) is 0 Å². The van der Waals surface area contributed by atoms with E-state index in [1.807, 2.05) is 0 Å². The van der Waals surface area contributed by atoms with Gasteiger partial charge in [-0.1, -0.05) is 12.1 Å². The number of imide groups is 1. The van der Waals surface area contributed by atoms with Crippen molar-refractivity contribution in [2.45, 2.75) is 0 Å². The molecule has 0 aliphatic carbocycles. The summed E-state index contributed by atoms with van der Waals surface area (Å²) >= 11 is 0.651. The quantitative estimate of drug-likeness (QED) is 0.506. The Morgan fingerprint density at radius 3 is 2.48 bits per heavy atom. The molecule has 2 aromatic carbocycles. The average molecular weight is 416 g/mol. The van der Waals surface area contributed by atoms with Gasteiger partial charge in [0, 0.05) is 5.69 Å². The van der Waals surface area contributed by atoms with Crippen LogP contribution in [0.15, 0.2) is 47.4 Å². The van der Waals surface area contributed by atoms with E-state index in [1.165, 1.54) is 36.4 Å². The van der Waals surface area contributed by atoms with Gasteiger partial charge in [-0.3, -0.25) is 19.3 Å². The van der Waals surface area contributed by atoms with E-state index in [1.54, 1.807) is 0 Å². The molecule has 0 aromatic heterocycles. The second kappa shape index (κ2) is 8.15. The Morgan fingerprint density at radius 2 is 1.83 bits per heavy atom. The average Bonchev–Trinajstić information content (AvgIpc) is 2.92. The maximum atomic E-state index is 13.0. The van der Waals surface area contributed by atoms with Crippen LogP contribution in [0.1, 0.15) is 15.9 Å². The number of rotatable bonds is 5. The summed E-state index contributed by atoms with van der Waals surface area (Å²) in [7, 11) is 0. The van der Waals surface area contributed by atoms with E-state index in [0.717, 1.165) is 17.0 Å². The number of amides is 3. The Balaban J connectivity index is 1.70. The zero-order valence-electron chi connectivity index (χ0n) is 14.6. The van der Waals surface area contributed by atoms with Crippen LogP contribution < -0.4 is 5.32 Å². The predicted octanol–water partition coefficient (Wildman–Crippen LogP) is 2.90. The number of aromatic hydroxyl groups is 1. The Hall–Kier alpha value is -3.66. The standard InChI is InChI=1S/C19H13FN2O6S/c20-11-3-1-10(2-4-11)7-15-17(25)22(19(28)29-15)9-16(24)21-12-5-6-14(23)13(8-12)18(26)27/h1-8,23H,9H2,(H,21,24)(H,26,27)/b15-7+. The number of carbonyl (C=O) groups excluding carboxylic acids is 3. The molecule has 2 aromatic rings. The molecule has 0 unspecified atom stereocenters. The molecular formula is C19H13FN2O6S. The number of hydrogen-bond acceptors (Lipinski definition) is 6. The van der Waals surface area contributed by atoms with Gasteiger partial charge in [-0.05, 0) is 53.7 Å². The van der Waals surface area contributed by atoms with Gasteiger partial charge in [0.05, 0.1) is 4.91 Å². The van der Waals surface area contributed by atoms with Crippen LogP contribution >= 0.6 is 11.8 Å². The highest BCUT2D eigenvalue weighted by Crippen LogP contribution is 2.32. The van der Waals surface area contributed by atoms with Crippen molar-refractivity contribution in [3.05, 3.63) is 64.3 Å². The first-order valence-corrected chi connectivity index (χ1v) is 8.93. The summed E-state index contributed by atoms with van der Waals surface area (Å²) in [5.41, 5.74) is 0.196. The van der Waals surface area contributed by atoms with Gasteiger partial charge < -0.3 is 15.5 Å². The predicted molar refractivity (Wildman–Crippen MR) is 103 cm³/mol. The van der Waals surface area contributed by atoms with Crippen LogP contribution in [0.4, 0.5) is 14.9 Å². The van der Waals surface area contributed by atoms with Crippen molar-refractivity contribution < 1.29 is 33.8 Å². The molecule has 0 spiro atoms. The summed E-state index contributed by atoms with van der Waals surface area (Å²) in [4.78, 5) is 48.6. The number of halogens is 1. The lowest BCUT2D eigenvalue weighted by atomic mass is 10.2. The van der Waals surface area contributed by atoms with Crippen LogP contribution in [0.25, 0.3) is 6.08 Å². The zero-order valence-corrected chi connectivity index (χ0v) is 15.4. The third kappa shape index (κ3) is 4.61. The number of carboxylic acid groups (broad SMARTS) is 1. The van der Waals surface area contributed by atoms with Gasteiger partial charge in [-0.2, -0.15) is 0 Å². The molecule has 1 fully saturated rings. The third-order valence-corrected chi connectivity index (χ3v) is 4.76. The van der Waals surface area contributed by atoms with Crippen LogP contribution in [-0.4, -0.2) is 44.7 Å². The molecule has 0 saturated carbocycles. The van der Waals surface area contributed by atoms with Crippen molar-refractivity contribution in [3.8, 4) is 5.75 Å². The van der Waals surface area contributed by atoms with E-state index < -0.39 is 46.7 Å². The van der Waals surface area contributed by atoms with E-state index in [4.69, 9.17) is 5.11 Å². The number of benzene rings is 2. The fourth-order valence-electron chi connectivity index (χ4n) is 2.48. The van der Waals surface area contributed by atoms with E-state index in [-0.39, 0.29) is 10.6 Å². The van der Waals surface area contributed by atoms with E-state index in [2.05, 4.69) is 5.32 Å². The minimum atomic E-state index is -1.38. The van der Waals surface area contributed by atoms with Crippen molar-refractivity contribution >= 4 is 46.5 Å². The summed E-state index contributed by atoms with van der Waals surface area (Å²) in [6.07, 6.45) is 1.42. The first kappa shape index (κ1) is 20.1. The molecule has 0 radical (unpaired) electrons. The molecule has 0 atom stereocenters. The number of nitrogens with one attached hydrogen (secondary N) is 1. The highest BCUT2D eigenvalue weighted by Gasteiger charge is 2.36. The molecule has 1 aliphatic rings. The summed E-state index contributed by atoms with van der Waals surface area (Å²) in [6.45, 7) is -0.575. The van der Waals surface area contributed by atoms with Crippen molar-refractivity contribution in [1.82, 2.24) is 4.90 Å². The van der Waals surface area contributed by atoms with Gasteiger partial charge in [0.1, 0.15) is 23.7 Å². The number of phenols is 1. The first-order valence-electron chi connectivity index (χ1n) is 8.11. The number of hydrogen-bond donors (Lipinski definition) is 3. The molecule has 3 N–H and O–H groups in total. The second-order valence-corrected chi connectivity index (χ2v) is 6.90. The number of nitrogens with zero attached hydrogens (tertiary/aromatic N) is 1. The largest absolute Gasteiger partial charge is 0.507 e. The van der Waals surface area contributed by atoms with Crippen LogP contribution in [0, 0.1) is 5.82 Å². The number of anilines is 1. The van der Waals surface area contributed by atoms with Crippen molar-refractivity contribution in [2.24, 2.45) is 0 Å². The molecule has 0 bridgehead atoms. The minimum Gasteiger partial charge on any atom is -0.507 e. The highest BCUT2D eigenvalue weighted by atomic mass is 32.2. The fraction of sp³-hybridized carbons (Fsp3) is 0.0526. The Bertz CT molecular complexity index is 1050. The van der Waals surface area contributed by atoms with E-state index in [0.29, 0.717) is 17.3 Å². The molecule has 8 nitrogen and oxygen atoms in total. The summed E-state index contributed by atoms with van der Waals surface area (Å²) < 4.78 is 13.0. The Labute approximate surface area is 167 Å². The molecule has 3 rings (SSSR count). The van der Waals surface area contributed by atoms with Gasteiger partial charge in [-0.25, -0.2) is 9.18 Å². The molecule has 29 heavy (non-hydrogen) atoms. The van der Waals surface area contributed by atoms with Gasteiger partial charge >= 0.3 is 5.97 Å². The topological polar surface area (TPSA) is 124 Å². The lowest BCUT2D eigenvalue weighted by Crippen LogP contribution is -2.36. The molecule has 148 valence electrons. The van der Waals surface area contributed by atoms with Gasteiger partial charge in [0.15, 0.2) is 0 Å². The maximum Gasteiger partial charge on any atom is 0.339 e. The molecule has 1 aliphatic heterocycles. The highest BCUT2D eigenvalue weighted by molar-refractivity contribution is 8.18. The molecular weight excluding hydrogens is 403 g/mol. The van der Waals surface area contributed by atoms with Gasteiger partial charge in [0.25, 0.3) is 11.1 Å². The van der Waals surface area contributed by atoms with Gasteiger partial charge in [0.2, 0.25) is 5.91 Å². The Morgan fingerprint density at radius 1 is 1.14 bits per heavy atom. The summed E-state index contributed by atoms with van der Waals surface area (Å²) in [5.74, 6) is -3.68. The smallest absolute Gasteiger partial charge is 0.339 e. The normalized spacial score (nSPS) is 15.1. The molecule has 1 heterocycles. The first-order chi connectivity index (χ1) is 13.7. The monoisotopic (exact) mass is 416 g/mol. The second-order valence-electron chi connectivity index (χ2n) is 5.90. The summed E-state index contributed by atoms with van der Waals surface area (Å²) in [6, 6.07) is 8.76.